The monoisotopic (exact) mass is 498 g/mol. The number of ether oxygens (including phenoxy) is 2. The van der Waals surface area contributed by atoms with Crippen LogP contribution in [-0.4, -0.2) is 44.5 Å². The van der Waals surface area contributed by atoms with Crippen molar-refractivity contribution in [2.45, 2.75) is 27.3 Å². The lowest BCUT2D eigenvalue weighted by atomic mass is 9.89. The molecule has 6 heteroatoms. The van der Waals surface area contributed by atoms with Gasteiger partial charge in [0.15, 0.2) is 0 Å². The topological polar surface area (TPSA) is 63.9 Å². The summed E-state index contributed by atoms with van der Waals surface area (Å²) in [4.78, 5) is 15.0. The Bertz CT molecular complexity index is 1440. The smallest absolute Gasteiger partial charge is 0.336 e. The van der Waals surface area contributed by atoms with Gasteiger partial charge in [0.25, 0.3) is 0 Å². The third kappa shape index (κ3) is 5.62. The first-order valence-corrected chi connectivity index (χ1v) is 12.9. The van der Waals surface area contributed by atoms with Gasteiger partial charge in [0, 0.05) is 48.9 Å². The molecule has 0 saturated carbocycles. The number of nitrogens with one attached hydrogen (secondary N) is 1. The standard InChI is InChI=1S/C31H34N2O4/c1-4-35-20-32-26-7-5-6-25(17-26)27-18-29(34)37-28-16-21(2)30(22(3)31(27)28)24-10-8-23(9-11-24)19-33-12-14-36-15-13-33/h5-11,16-18,32H,4,12-15,19-20H2,1-3H3. The molecule has 0 bridgehead atoms. The van der Waals surface area contributed by atoms with Gasteiger partial charge in [-0.05, 0) is 72.4 Å². The van der Waals surface area contributed by atoms with Crippen LogP contribution in [0.5, 0.6) is 0 Å². The van der Waals surface area contributed by atoms with Gasteiger partial charge in [-0.3, -0.25) is 4.90 Å². The summed E-state index contributed by atoms with van der Waals surface area (Å²) in [6.07, 6.45) is 0. The maximum atomic E-state index is 12.5. The van der Waals surface area contributed by atoms with Gasteiger partial charge in [-0.25, -0.2) is 4.79 Å². The fraction of sp³-hybridized carbons (Fsp3) is 0.323. The third-order valence-corrected chi connectivity index (χ3v) is 6.99. The number of anilines is 1. The van der Waals surface area contributed by atoms with Gasteiger partial charge in [-0.1, -0.05) is 36.4 Å². The number of benzene rings is 3. The van der Waals surface area contributed by atoms with E-state index in [-0.39, 0.29) is 5.63 Å². The van der Waals surface area contributed by atoms with Crippen molar-refractivity contribution in [2.75, 3.05) is 45.0 Å². The summed E-state index contributed by atoms with van der Waals surface area (Å²) in [6, 6.07) is 20.5. The Hall–Kier alpha value is -3.45. The highest BCUT2D eigenvalue weighted by Gasteiger charge is 2.17. The van der Waals surface area contributed by atoms with Gasteiger partial charge >= 0.3 is 5.63 Å². The van der Waals surface area contributed by atoms with E-state index in [9.17, 15) is 4.79 Å². The quantitative estimate of drug-likeness (QED) is 0.183. The van der Waals surface area contributed by atoms with Crippen molar-refractivity contribution in [1.82, 2.24) is 4.90 Å². The molecule has 192 valence electrons. The first-order valence-electron chi connectivity index (χ1n) is 12.9. The largest absolute Gasteiger partial charge is 0.423 e. The van der Waals surface area contributed by atoms with Crippen molar-refractivity contribution in [3.63, 3.8) is 0 Å². The van der Waals surface area contributed by atoms with E-state index in [4.69, 9.17) is 13.9 Å². The number of rotatable bonds is 8. The minimum Gasteiger partial charge on any atom is -0.423 e. The Morgan fingerprint density at radius 2 is 1.76 bits per heavy atom. The zero-order chi connectivity index (χ0) is 25.8. The Balaban J connectivity index is 1.54. The van der Waals surface area contributed by atoms with Gasteiger partial charge in [0.1, 0.15) is 12.3 Å². The Morgan fingerprint density at radius 1 is 0.973 bits per heavy atom. The normalized spacial score (nSPS) is 14.2. The first-order chi connectivity index (χ1) is 18.0. The van der Waals surface area contributed by atoms with Crippen LogP contribution in [0.1, 0.15) is 23.6 Å². The Morgan fingerprint density at radius 3 is 2.51 bits per heavy atom. The third-order valence-electron chi connectivity index (χ3n) is 6.99. The average molecular weight is 499 g/mol. The van der Waals surface area contributed by atoms with Gasteiger partial charge in [0.2, 0.25) is 0 Å². The van der Waals surface area contributed by atoms with Gasteiger partial charge in [-0.2, -0.15) is 0 Å². The molecule has 0 spiro atoms. The van der Waals surface area contributed by atoms with Crippen LogP contribution in [0, 0.1) is 13.8 Å². The molecule has 3 aromatic carbocycles. The second-order valence-electron chi connectivity index (χ2n) is 9.53. The van der Waals surface area contributed by atoms with E-state index >= 15 is 0 Å². The van der Waals surface area contributed by atoms with Crippen LogP contribution in [0.2, 0.25) is 0 Å². The Labute approximate surface area is 217 Å². The van der Waals surface area contributed by atoms with Crippen molar-refractivity contribution in [3.05, 3.63) is 87.8 Å². The van der Waals surface area contributed by atoms with Crippen molar-refractivity contribution < 1.29 is 13.9 Å². The van der Waals surface area contributed by atoms with Crippen molar-refractivity contribution in [2.24, 2.45) is 0 Å². The number of hydrogen-bond acceptors (Lipinski definition) is 6. The summed E-state index contributed by atoms with van der Waals surface area (Å²) in [6.45, 7) is 11.7. The van der Waals surface area contributed by atoms with E-state index in [1.54, 1.807) is 6.07 Å². The van der Waals surface area contributed by atoms with Crippen molar-refractivity contribution in [1.29, 1.82) is 0 Å². The van der Waals surface area contributed by atoms with Crippen LogP contribution in [0.4, 0.5) is 5.69 Å². The summed E-state index contributed by atoms with van der Waals surface area (Å²) in [5, 5.41) is 4.24. The van der Waals surface area contributed by atoms with Gasteiger partial charge < -0.3 is 19.2 Å². The van der Waals surface area contributed by atoms with Crippen LogP contribution in [0.3, 0.4) is 0 Å². The maximum Gasteiger partial charge on any atom is 0.336 e. The van der Waals surface area contributed by atoms with E-state index in [2.05, 4.69) is 48.3 Å². The molecule has 4 aromatic rings. The minimum atomic E-state index is -0.353. The highest BCUT2D eigenvalue weighted by atomic mass is 16.5. The second kappa shape index (κ2) is 11.3. The molecule has 1 N–H and O–H groups in total. The fourth-order valence-electron chi connectivity index (χ4n) is 5.19. The number of hydrogen-bond donors (Lipinski definition) is 1. The lowest BCUT2D eigenvalue weighted by Crippen LogP contribution is -2.35. The molecule has 1 fully saturated rings. The fourth-order valence-corrected chi connectivity index (χ4v) is 5.19. The predicted molar refractivity (Wildman–Crippen MR) is 149 cm³/mol. The van der Waals surface area contributed by atoms with Crippen LogP contribution in [0.25, 0.3) is 33.2 Å². The zero-order valence-electron chi connectivity index (χ0n) is 21.8. The number of nitrogens with zero attached hydrogens (tertiary/aromatic N) is 1. The lowest BCUT2D eigenvalue weighted by molar-refractivity contribution is 0.0342. The molecule has 1 aliphatic heterocycles. The molecule has 6 nitrogen and oxygen atoms in total. The summed E-state index contributed by atoms with van der Waals surface area (Å²) in [7, 11) is 0. The summed E-state index contributed by atoms with van der Waals surface area (Å²) in [5.74, 6) is 0. The molecule has 0 atom stereocenters. The van der Waals surface area contributed by atoms with Crippen molar-refractivity contribution in [3.8, 4) is 22.3 Å². The zero-order valence-corrected chi connectivity index (χ0v) is 21.8. The second-order valence-corrected chi connectivity index (χ2v) is 9.53. The molecule has 1 aliphatic rings. The van der Waals surface area contributed by atoms with E-state index in [1.165, 1.54) is 11.1 Å². The molecular weight excluding hydrogens is 464 g/mol. The van der Waals surface area contributed by atoms with Crippen LogP contribution < -0.4 is 10.9 Å². The number of aryl methyl sites for hydroxylation is 2. The highest BCUT2D eigenvalue weighted by Crippen LogP contribution is 2.38. The molecule has 5 rings (SSSR count). The highest BCUT2D eigenvalue weighted by molar-refractivity contribution is 6.00. The van der Waals surface area contributed by atoms with Crippen LogP contribution >= 0.6 is 0 Å². The summed E-state index contributed by atoms with van der Waals surface area (Å²) >= 11 is 0. The van der Waals surface area contributed by atoms with Gasteiger partial charge in [-0.15, -0.1) is 0 Å². The molecule has 1 aromatic heterocycles. The molecule has 0 radical (unpaired) electrons. The molecule has 0 amide bonds. The first kappa shape index (κ1) is 25.2. The lowest BCUT2D eigenvalue weighted by Gasteiger charge is -2.26. The molecular formula is C31H34N2O4. The molecule has 1 saturated heterocycles. The molecule has 37 heavy (non-hydrogen) atoms. The Kier molecular flexibility index (Phi) is 7.70. The molecule has 0 aliphatic carbocycles. The molecule has 0 unspecified atom stereocenters. The van der Waals surface area contributed by atoms with Crippen molar-refractivity contribution >= 4 is 16.7 Å². The number of morpholine rings is 1. The van der Waals surface area contributed by atoms with E-state index in [0.717, 1.165) is 71.7 Å². The van der Waals surface area contributed by atoms with E-state index in [0.29, 0.717) is 18.9 Å². The average Bonchev–Trinajstić information content (AvgIpc) is 2.90. The molecule has 2 heterocycles. The summed E-state index contributed by atoms with van der Waals surface area (Å²) in [5.41, 5.74) is 8.83. The summed E-state index contributed by atoms with van der Waals surface area (Å²) < 4.78 is 16.6. The SMILES string of the molecule is CCOCNc1cccc(-c2cc(=O)oc3cc(C)c(-c4ccc(CN5CCOCC5)cc4)c(C)c23)c1. The predicted octanol–water partition coefficient (Wildman–Crippen LogP) is 5.98. The van der Waals surface area contributed by atoms with Crippen LogP contribution in [0.15, 0.2) is 69.9 Å². The maximum absolute atomic E-state index is 12.5. The van der Waals surface area contributed by atoms with E-state index < -0.39 is 0 Å². The van der Waals surface area contributed by atoms with Crippen LogP contribution in [-0.2, 0) is 16.0 Å². The van der Waals surface area contributed by atoms with Gasteiger partial charge in [0.05, 0.1) is 13.2 Å². The minimum absolute atomic E-state index is 0.353. The number of fused-ring (bicyclic) bond motifs is 1. The van der Waals surface area contributed by atoms with E-state index in [1.807, 2.05) is 37.3 Å².